The third kappa shape index (κ3) is 3.54. The number of anilines is 2. The lowest BCUT2D eigenvalue weighted by Crippen LogP contribution is -2.15. The van der Waals surface area contributed by atoms with Crippen LogP contribution in [0.25, 0.3) is 0 Å². The van der Waals surface area contributed by atoms with Gasteiger partial charge in [0.05, 0.1) is 0 Å². The first-order chi connectivity index (χ1) is 13.0. The van der Waals surface area contributed by atoms with Crippen molar-refractivity contribution >= 4 is 11.5 Å². The van der Waals surface area contributed by atoms with Crippen LogP contribution in [0.5, 0.6) is 0 Å². The van der Waals surface area contributed by atoms with E-state index in [0.29, 0.717) is 12.0 Å². The van der Waals surface area contributed by atoms with Crippen LogP contribution in [-0.2, 0) is 12.8 Å². The molecule has 0 fully saturated rings. The first kappa shape index (κ1) is 17.6. The van der Waals surface area contributed by atoms with Crippen molar-refractivity contribution in [3.8, 4) is 0 Å². The molecule has 0 aliphatic carbocycles. The Morgan fingerprint density at radius 1 is 1.07 bits per heavy atom. The number of benzene rings is 2. The van der Waals surface area contributed by atoms with Crippen molar-refractivity contribution in [3.05, 3.63) is 88.6 Å². The summed E-state index contributed by atoms with van der Waals surface area (Å²) in [6.45, 7) is 0.726. The Morgan fingerprint density at radius 3 is 2.59 bits per heavy atom. The molecule has 0 radical (unpaired) electrons. The molecule has 0 saturated carbocycles. The lowest BCUT2D eigenvalue weighted by Gasteiger charge is -2.20. The highest BCUT2D eigenvalue weighted by Crippen LogP contribution is 2.36. The smallest absolute Gasteiger partial charge is 0.133 e. The average molecular weight is 367 g/mol. The number of hydrogen-bond acceptors (Lipinski definition) is 4. The maximum Gasteiger partial charge on any atom is 0.133 e. The van der Waals surface area contributed by atoms with Crippen LogP contribution in [0, 0.1) is 11.6 Å². The topological polar surface area (TPSA) is 62.4 Å². The fraction of sp³-hybridized carbons (Fsp3) is 0.190. The SMILES string of the molecule is NC(O)c1cccc2c1CCN2c1cc(Cc2cc(F)cc(F)c2)ccn1. The summed E-state index contributed by atoms with van der Waals surface area (Å²) in [4.78, 5) is 6.52. The third-order valence-electron chi connectivity index (χ3n) is 4.80. The normalized spacial score (nSPS) is 14.3. The van der Waals surface area contributed by atoms with Gasteiger partial charge in [-0.3, -0.25) is 0 Å². The molecule has 1 aliphatic heterocycles. The lowest BCUT2D eigenvalue weighted by molar-refractivity contribution is 0.185. The molecular formula is C21H19F2N3O. The maximum atomic E-state index is 13.4. The highest BCUT2D eigenvalue weighted by Gasteiger charge is 2.25. The van der Waals surface area contributed by atoms with Gasteiger partial charge in [0, 0.05) is 30.1 Å². The van der Waals surface area contributed by atoms with E-state index in [1.165, 1.54) is 12.1 Å². The largest absolute Gasteiger partial charge is 0.375 e. The predicted molar refractivity (Wildman–Crippen MR) is 99.7 cm³/mol. The number of aromatic nitrogens is 1. The molecule has 27 heavy (non-hydrogen) atoms. The zero-order valence-electron chi connectivity index (χ0n) is 14.6. The molecule has 2 heterocycles. The van der Waals surface area contributed by atoms with Gasteiger partial charge in [-0.1, -0.05) is 12.1 Å². The molecular weight excluding hydrogens is 348 g/mol. The first-order valence-electron chi connectivity index (χ1n) is 8.74. The minimum Gasteiger partial charge on any atom is -0.375 e. The van der Waals surface area contributed by atoms with Gasteiger partial charge in [-0.2, -0.15) is 0 Å². The van der Waals surface area contributed by atoms with Crippen LogP contribution in [0.4, 0.5) is 20.3 Å². The van der Waals surface area contributed by atoms with Crippen LogP contribution in [0.2, 0.25) is 0 Å². The monoisotopic (exact) mass is 367 g/mol. The highest BCUT2D eigenvalue weighted by atomic mass is 19.1. The summed E-state index contributed by atoms with van der Waals surface area (Å²) in [5, 5.41) is 9.78. The molecule has 1 aliphatic rings. The second kappa shape index (κ2) is 7.06. The molecule has 0 amide bonds. The molecule has 6 heteroatoms. The van der Waals surface area contributed by atoms with E-state index in [1.54, 1.807) is 6.20 Å². The van der Waals surface area contributed by atoms with Crippen molar-refractivity contribution in [2.45, 2.75) is 19.1 Å². The van der Waals surface area contributed by atoms with E-state index in [0.717, 1.165) is 47.2 Å². The van der Waals surface area contributed by atoms with Gasteiger partial charge in [-0.05, 0) is 59.9 Å². The molecule has 4 nitrogen and oxygen atoms in total. The van der Waals surface area contributed by atoms with E-state index in [9.17, 15) is 13.9 Å². The summed E-state index contributed by atoms with van der Waals surface area (Å²) in [5.74, 6) is -0.409. The summed E-state index contributed by atoms with van der Waals surface area (Å²) in [7, 11) is 0. The van der Waals surface area contributed by atoms with Crippen LogP contribution in [0.3, 0.4) is 0 Å². The highest BCUT2D eigenvalue weighted by molar-refractivity contribution is 5.69. The average Bonchev–Trinajstić information content (AvgIpc) is 3.05. The molecule has 0 bridgehead atoms. The molecule has 1 aromatic heterocycles. The zero-order chi connectivity index (χ0) is 19.0. The van der Waals surface area contributed by atoms with Crippen LogP contribution in [-0.4, -0.2) is 16.6 Å². The number of nitrogens with zero attached hydrogens (tertiary/aromatic N) is 2. The second-order valence-corrected chi connectivity index (χ2v) is 6.67. The van der Waals surface area contributed by atoms with Crippen molar-refractivity contribution in [1.82, 2.24) is 4.98 Å². The fourth-order valence-corrected chi connectivity index (χ4v) is 3.64. The number of aliphatic hydroxyl groups excluding tert-OH is 1. The zero-order valence-corrected chi connectivity index (χ0v) is 14.6. The lowest BCUT2D eigenvalue weighted by atomic mass is 10.0. The quantitative estimate of drug-likeness (QED) is 0.692. The van der Waals surface area contributed by atoms with Crippen LogP contribution in [0.15, 0.2) is 54.7 Å². The molecule has 4 rings (SSSR count). The summed E-state index contributed by atoms with van der Waals surface area (Å²) in [5.41, 5.74) is 9.86. The number of fused-ring (bicyclic) bond motifs is 1. The van der Waals surface area contributed by atoms with E-state index in [4.69, 9.17) is 5.73 Å². The molecule has 0 spiro atoms. The standard InChI is InChI=1S/C21H19F2N3O/c22-15-9-14(10-16(23)12-15)8-13-4-6-25-20(11-13)26-7-5-17-18(21(24)27)2-1-3-19(17)26/h1-4,6,9-12,21,27H,5,7-8,24H2. The Labute approximate surface area is 155 Å². The van der Waals surface area contributed by atoms with E-state index in [1.807, 2.05) is 30.3 Å². The van der Waals surface area contributed by atoms with Crippen molar-refractivity contribution in [3.63, 3.8) is 0 Å². The Hall–Kier alpha value is -2.83. The molecule has 0 saturated heterocycles. The summed E-state index contributed by atoms with van der Waals surface area (Å²) >= 11 is 0. The number of aliphatic hydroxyl groups is 1. The molecule has 3 aromatic rings. The summed E-state index contributed by atoms with van der Waals surface area (Å²) in [6.07, 6.45) is 1.86. The summed E-state index contributed by atoms with van der Waals surface area (Å²) < 4.78 is 26.9. The van der Waals surface area contributed by atoms with Gasteiger partial charge in [0.2, 0.25) is 0 Å². The van der Waals surface area contributed by atoms with Crippen LogP contribution >= 0.6 is 0 Å². The van der Waals surface area contributed by atoms with Gasteiger partial charge in [0.1, 0.15) is 23.7 Å². The number of rotatable bonds is 4. The van der Waals surface area contributed by atoms with E-state index in [2.05, 4.69) is 9.88 Å². The van der Waals surface area contributed by atoms with Crippen LogP contribution < -0.4 is 10.6 Å². The third-order valence-corrected chi connectivity index (χ3v) is 4.80. The molecule has 3 N–H and O–H groups in total. The fourth-order valence-electron chi connectivity index (χ4n) is 3.64. The number of hydrogen-bond donors (Lipinski definition) is 2. The van der Waals surface area contributed by atoms with Gasteiger partial charge in [0.25, 0.3) is 0 Å². The minimum absolute atomic E-state index is 0.409. The van der Waals surface area contributed by atoms with Crippen molar-refractivity contribution in [2.24, 2.45) is 5.73 Å². The van der Waals surface area contributed by atoms with E-state index >= 15 is 0 Å². The Balaban J connectivity index is 1.64. The van der Waals surface area contributed by atoms with Crippen molar-refractivity contribution in [2.75, 3.05) is 11.4 Å². The van der Waals surface area contributed by atoms with E-state index < -0.39 is 17.9 Å². The van der Waals surface area contributed by atoms with Gasteiger partial charge >= 0.3 is 0 Å². The van der Waals surface area contributed by atoms with Crippen LogP contribution in [0.1, 0.15) is 28.5 Å². The molecule has 1 atom stereocenters. The van der Waals surface area contributed by atoms with Gasteiger partial charge < -0.3 is 15.7 Å². The van der Waals surface area contributed by atoms with Gasteiger partial charge in [0.15, 0.2) is 0 Å². The maximum absolute atomic E-state index is 13.4. The Bertz CT molecular complexity index is 971. The predicted octanol–water partition coefficient (Wildman–Crippen LogP) is 3.59. The minimum atomic E-state index is -1.01. The molecule has 138 valence electrons. The number of halogens is 2. The Kier molecular flexibility index (Phi) is 4.59. The van der Waals surface area contributed by atoms with E-state index in [-0.39, 0.29) is 0 Å². The van der Waals surface area contributed by atoms with Crippen molar-refractivity contribution in [1.29, 1.82) is 0 Å². The van der Waals surface area contributed by atoms with Crippen molar-refractivity contribution < 1.29 is 13.9 Å². The molecule has 2 aromatic carbocycles. The Morgan fingerprint density at radius 2 is 1.85 bits per heavy atom. The first-order valence-corrected chi connectivity index (χ1v) is 8.74. The second-order valence-electron chi connectivity index (χ2n) is 6.67. The van der Waals surface area contributed by atoms with Gasteiger partial charge in [-0.15, -0.1) is 0 Å². The summed E-state index contributed by atoms with van der Waals surface area (Å²) in [6, 6.07) is 13.0. The number of pyridine rings is 1. The number of nitrogens with two attached hydrogens (primary N) is 1. The van der Waals surface area contributed by atoms with Gasteiger partial charge in [-0.25, -0.2) is 13.8 Å². The molecule has 1 unspecified atom stereocenters.